The normalized spacial score (nSPS) is 10.6. The van der Waals surface area contributed by atoms with E-state index in [0.29, 0.717) is 29.9 Å². The Kier molecular flexibility index (Phi) is 5.17. The van der Waals surface area contributed by atoms with E-state index in [1.165, 1.54) is 11.9 Å². The first-order chi connectivity index (χ1) is 11.6. The van der Waals surface area contributed by atoms with Crippen LogP contribution in [0.2, 0.25) is 10.2 Å². The number of rotatable bonds is 6. The Hall–Kier alpha value is -2.31. The van der Waals surface area contributed by atoms with Gasteiger partial charge < -0.3 is 10.1 Å². The van der Waals surface area contributed by atoms with Crippen molar-refractivity contribution in [2.24, 2.45) is 0 Å². The average Bonchev–Trinajstić information content (AvgIpc) is 3.04. The van der Waals surface area contributed by atoms with Gasteiger partial charge in [0.25, 0.3) is 0 Å². The lowest BCUT2D eigenvalue weighted by Gasteiger charge is -2.11. The molecule has 0 aliphatic carbocycles. The van der Waals surface area contributed by atoms with Crippen LogP contribution in [-0.2, 0) is 0 Å². The number of halogens is 2. The molecule has 1 aromatic carbocycles. The molecule has 0 saturated carbocycles. The smallest absolute Gasteiger partial charge is 0.216 e. The van der Waals surface area contributed by atoms with E-state index in [9.17, 15) is 0 Å². The summed E-state index contributed by atoms with van der Waals surface area (Å²) in [6.45, 7) is 2.96. The van der Waals surface area contributed by atoms with Crippen LogP contribution in [0.5, 0.6) is 5.88 Å². The Labute approximate surface area is 149 Å². The Bertz CT molecular complexity index is 820. The Morgan fingerprint density at radius 3 is 2.71 bits per heavy atom. The van der Waals surface area contributed by atoms with Crippen LogP contribution in [0.3, 0.4) is 0 Å². The van der Waals surface area contributed by atoms with Crippen LogP contribution in [0.15, 0.2) is 42.9 Å². The van der Waals surface area contributed by atoms with Gasteiger partial charge in [0, 0.05) is 6.07 Å². The first kappa shape index (κ1) is 16.5. The van der Waals surface area contributed by atoms with Gasteiger partial charge in [-0.3, -0.25) is 0 Å². The number of hydrogen-bond donors (Lipinski definition) is 1. The maximum absolute atomic E-state index is 6.02. The zero-order valence-electron chi connectivity index (χ0n) is 12.9. The predicted octanol–water partition coefficient (Wildman–Crippen LogP) is 3.77. The fourth-order valence-corrected chi connectivity index (χ4v) is 2.37. The van der Waals surface area contributed by atoms with Crippen molar-refractivity contribution in [1.82, 2.24) is 19.7 Å². The first-order valence-corrected chi connectivity index (χ1v) is 8.04. The third-order valence-electron chi connectivity index (χ3n) is 3.28. The number of benzene rings is 1. The maximum atomic E-state index is 6.02. The molecule has 0 radical (unpaired) electrons. The molecule has 0 bridgehead atoms. The molecule has 24 heavy (non-hydrogen) atoms. The van der Waals surface area contributed by atoms with Crippen LogP contribution in [0.25, 0.3) is 5.69 Å². The van der Waals surface area contributed by atoms with Gasteiger partial charge in [-0.05, 0) is 19.1 Å². The van der Waals surface area contributed by atoms with E-state index in [4.69, 9.17) is 27.9 Å². The highest BCUT2D eigenvalue weighted by Crippen LogP contribution is 2.25. The summed E-state index contributed by atoms with van der Waals surface area (Å²) in [5, 5.41) is 7.86. The molecule has 0 unspecified atom stereocenters. The molecule has 2 aromatic heterocycles. The summed E-state index contributed by atoms with van der Waals surface area (Å²) in [4.78, 5) is 7.83. The second-order valence-electron chi connectivity index (χ2n) is 5.02. The van der Waals surface area contributed by atoms with Gasteiger partial charge in [0.2, 0.25) is 5.88 Å². The van der Waals surface area contributed by atoms with Crippen molar-refractivity contribution in [3.63, 3.8) is 0 Å². The van der Waals surface area contributed by atoms with Crippen molar-refractivity contribution in [2.45, 2.75) is 6.92 Å². The highest BCUT2D eigenvalue weighted by atomic mass is 35.5. The van der Waals surface area contributed by atoms with E-state index >= 15 is 0 Å². The second kappa shape index (κ2) is 7.51. The molecule has 0 spiro atoms. The van der Waals surface area contributed by atoms with Gasteiger partial charge >= 0.3 is 0 Å². The second-order valence-corrected chi connectivity index (χ2v) is 5.76. The fourth-order valence-electron chi connectivity index (χ4n) is 2.08. The van der Waals surface area contributed by atoms with E-state index in [-0.39, 0.29) is 5.15 Å². The molecular weight excluding hydrogens is 349 g/mol. The lowest BCUT2D eigenvalue weighted by molar-refractivity contribution is 0.310. The summed E-state index contributed by atoms with van der Waals surface area (Å²) in [5.74, 6) is 1.14. The van der Waals surface area contributed by atoms with Crippen molar-refractivity contribution < 1.29 is 4.74 Å². The molecule has 0 aliphatic heterocycles. The number of aromatic nitrogens is 4. The van der Waals surface area contributed by atoms with Crippen molar-refractivity contribution in [3.8, 4) is 11.6 Å². The summed E-state index contributed by atoms with van der Waals surface area (Å²) in [7, 11) is 0. The summed E-state index contributed by atoms with van der Waals surface area (Å²) in [6, 6.07) is 9.87. The molecule has 6 nitrogen and oxygen atoms in total. The topological polar surface area (TPSA) is 64.9 Å². The Morgan fingerprint density at radius 2 is 1.92 bits per heavy atom. The van der Waals surface area contributed by atoms with Gasteiger partial charge in [-0.2, -0.15) is 5.10 Å². The van der Waals surface area contributed by atoms with Gasteiger partial charge in [-0.15, -0.1) is 0 Å². The Balaban J connectivity index is 1.59. The molecule has 1 N–H and O–H groups in total. The molecular formula is C16H15Cl2N5O. The van der Waals surface area contributed by atoms with Crippen molar-refractivity contribution in [1.29, 1.82) is 0 Å². The van der Waals surface area contributed by atoms with Crippen LogP contribution in [0.1, 0.15) is 5.56 Å². The molecule has 0 aliphatic rings. The first-order valence-electron chi connectivity index (χ1n) is 7.29. The van der Waals surface area contributed by atoms with Crippen LogP contribution in [-0.4, -0.2) is 32.9 Å². The number of hydrogen-bond acceptors (Lipinski definition) is 5. The molecule has 8 heteroatoms. The zero-order chi connectivity index (χ0) is 16.9. The van der Waals surface area contributed by atoms with E-state index in [1.807, 2.05) is 37.3 Å². The predicted molar refractivity (Wildman–Crippen MR) is 94.3 cm³/mol. The largest absolute Gasteiger partial charge is 0.476 e. The van der Waals surface area contributed by atoms with Gasteiger partial charge in [0.15, 0.2) is 5.15 Å². The minimum absolute atomic E-state index is 0.215. The molecule has 0 atom stereocenters. The third-order valence-corrected chi connectivity index (χ3v) is 4.02. The van der Waals surface area contributed by atoms with Gasteiger partial charge in [-0.25, -0.2) is 14.6 Å². The summed E-state index contributed by atoms with van der Waals surface area (Å²) in [5.41, 5.74) is 2.14. The van der Waals surface area contributed by atoms with E-state index < -0.39 is 0 Å². The lowest BCUT2D eigenvalue weighted by atomic mass is 10.2. The van der Waals surface area contributed by atoms with Crippen LogP contribution in [0, 0.1) is 6.92 Å². The number of anilines is 1. The highest BCUT2D eigenvalue weighted by molar-refractivity contribution is 6.42. The molecule has 3 rings (SSSR count). The number of nitrogens with one attached hydrogen (secondary N) is 1. The zero-order valence-corrected chi connectivity index (χ0v) is 14.4. The number of ether oxygens (including phenoxy) is 1. The van der Waals surface area contributed by atoms with E-state index in [0.717, 1.165) is 5.69 Å². The minimum atomic E-state index is 0.215. The van der Waals surface area contributed by atoms with Crippen LogP contribution < -0.4 is 10.1 Å². The summed E-state index contributed by atoms with van der Waals surface area (Å²) >= 11 is 11.9. The average molecular weight is 364 g/mol. The van der Waals surface area contributed by atoms with E-state index in [1.54, 1.807) is 10.9 Å². The molecule has 0 amide bonds. The van der Waals surface area contributed by atoms with Crippen LogP contribution >= 0.6 is 23.2 Å². The Morgan fingerprint density at radius 1 is 1.12 bits per heavy atom. The third kappa shape index (κ3) is 3.77. The van der Waals surface area contributed by atoms with Crippen molar-refractivity contribution in [3.05, 3.63) is 58.6 Å². The maximum Gasteiger partial charge on any atom is 0.216 e. The van der Waals surface area contributed by atoms with Gasteiger partial charge in [0.1, 0.15) is 23.8 Å². The molecule has 0 saturated heterocycles. The number of aryl methyl sites for hydroxylation is 1. The fraction of sp³-hybridized carbons (Fsp3) is 0.188. The monoisotopic (exact) mass is 363 g/mol. The standard InChI is InChI=1S/C16H15Cl2N5O/c1-11-2-4-12(5-3-11)23-13(6-7-22-23)24-9-8-19-16-14(17)15(18)20-10-21-16/h2-7,10H,8-9H2,1H3,(H,19,20,21). The molecule has 124 valence electrons. The summed E-state index contributed by atoms with van der Waals surface area (Å²) < 4.78 is 7.52. The molecule has 0 fully saturated rings. The minimum Gasteiger partial charge on any atom is -0.476 e. The van der Waals surface area contributed by atoms with E-state index in [2.05, 4.69) is 20.4 Å². The van der Waals surface area contributed by atoms with Gasteiger partial charge in [-0.1, -0.05) is 40.9 Å². The number of nitrogens with zero attached hydrogens (tertiary/aromatic N) is 4. The summed E-state index contributed by atoms with van der Waals surface area (Å²) in [6.07, 6.45) is 3.05. The molecule has 3 aromatic rings. The molecule has 2 heterocycles. The van der Waals surface area contributed by atoms with Crippen molar-refractivity contribution >= 4 is 29.0 Å². The van der Waals surface area contributed by atoms with Gasteiger partial charge in [0.05, 0.1) is 18.4 Å². The van der Waals surface area contributed by atoms with Crippen molar-refractivity contribution in [2.75, 3.05) is 18.5 Å². The SMILES string of the molecule is Cc1ccc(-n2nccc2OCCNc2ncnc(Cl)c2Cl)cc1. The quantitative estimate of drug-likeness (QED) is 0.533. The highest BCUT2D eigenvalue weighted by Gasteiger charge is 2.08. The lowest BCUT2D eigenvalue weighted by Crippen LogP contribution is -2.14. The van der Waals surface area contributed by atoms with Crippen LogP contribution in [0.4, 0.5) is 5.82 Å².